The molecule has 3 nitrogen and oxygen atoms in total. The third-order valence-corrected chi connectivity index (χ3v) is 5.31. The molecule has 1 N–H and O–H groups in total. The number of carbonyl (C=O) groups excluding carboxylic acids is 1. The molecule has 0 amide bonds. The first kappa shape index (κ1) is 15.8. The molecule has 2 saturated carbocycles. The Labute approximate surface area is 123 Å². The summed E-state index contributed by atoms with van der Waals surface area (Å²) < 4.78 is 5.44. The zero-order chi connectivity index (χ0) is 14.6. The Kier molecular flexibility index (Phi) is 5.48. The van der Waals surface area contributed by atoms with Gasteiger partial charge in [0.1, 0.15) is 5.54 Å². The lowest BCUT2D eigenvalue weighted by Crippen LogP contribution is -2.63. The first-order chi connectivity index (χ1) is 9.58. The van der Waals surface area contributed by atoms with E-state index in [0.29, 0.717) is 24.5 Å². The minimum absolute atomic E-state index is 0.00961. The largest absolute Gasteiger partial charge is 0.465 e. The predicted molar refractivity (Wildman–Crippen MR) is 81.6 cm³/mol. The number of ether oxygens (including phenoxy) is 1. The number of hydrogen-bond acceptors (Lipinski definition) is 3. The standard InChI is InChI=1S/C17H31NO2/c1-4-20-16(19)17(12-13(2)10-11-14(17)3)18-15-8-6-5-7-9-15/h13-15,18H,4-12H2,1-3H3. The van der Waals surface area contributed by atoms with E-state index in [1.165, 1.54) is 38.5 Å². The maximum atomic E-state index is 12.7. The van der Waals surface area contributed by atoms with Gasteiger partial charge in [-0.3, -0.25) is 10.1 Å². The van der Waals surface area contributed by atoms with Crippen LogP contribution in [0, 0.1) is 11.8 Å². The molecule has 3 heteroatoms. The van der Waals surface area contributed by atoms with Crippen molar-refractivity contribution in [3.05, 3.63) is 0 Å². The average molecular weight is 281 g/mol. The van der Waals surface area contributed by atoms with Crippen molar-refractivity contribution in [1.29, 1.82) is 0 Å². The summed E-state index contributed by atoms with van der Waals surface area (Å²) in [5.74, 6) is 0.969. The van der Waals surface area contributed by atoms with Crippen molar-refractivity contribution in [2.24, 2.45) is 11.8 Å². The number of nitrogens with one attached hydrogen (secondary N) is 1. The molecule has 2 fully saturated rings. The predicted octanol–water partition coefficient (Wildman–Crippen LogP) is 3.67. The monoisotopic (exact) mass is 281 g/mol. The molecule has 3 atom stereocenters. The molecule has 0 radical (unpaired) electrons. The summed E-state index contributed by atoms with van der Waals surface area (Å²) >= 11 is 0. The van der Waals surface area contributed by atoms with Crippen LogP contribution in [-0.2, 0) is 9.53 Å². The van der Waals surface area contributed by atoms with Gasteiger partial charge in [-0.15, -0.1) is 0 Å². The van der Waals surface area contributed by atoms with Crippen LogP contribution in [0.4, 0.5) is 0 Å². The van der Waals surface area contributed by atoms with Crippen LogP contribution in [0.3, 0.4) is 0 Å². The van der Waals surface area contributed by atoms with E-state index in [4.69, 9.17) is 4.74 Å². The molecular weight excluding hydrogens is 250 g/mol. The van der Waals surface area contributed by atoms with E-state index in [2.05, 4.69) is 19.2 Å². The summed E-state index contributed by atoms with van der Waals surface area (Å²) in [6.07, 6.45) is 9.64. The molecule has 0 bridgehead atoms. The summed E-state index contributed by atoms with van der Waals surface area (Å²) in [5.41, 5.74) is -0.435. The number of rotatable bonds is 4. The Hall–Kier alpha value is -0.570. The summed E-state index contributed by atoms with van der Waals surface area (Å²) in [6, 6.07) is 0.501. The Balaban J connectivity index is 2.15. The van der Waals surface area contributed by atoms with Crippen LogP contribution >= 0.6 is 0 Å². The van der Waals surface area contributed by atoms with Crippen LogP contribution in [0.15, 0.2) is 0 Å². The Bertz CT molecular complexity index is 325. The molecule has 0 aromatic rings. The highest BCUT2D eigenvalue weighted by molar-refractivity contribution is 5.81. The lowest BCUT2D eigenvalue weighted by molar-refractivity contribution is -0.157. The Morgan fingerprint density at radius 1 is 1.15 bits per heavy atom. The van der Waals surface area contributed by atoms with Crippen molar-refractivity contribution in [2.45, 2.75) is 83.7 Å². The van der Waals surface area contributed by atoms with E-state index in [1.807, 2.05) is 6.92 Å². The van der Waals surface area contributed by atoms with E-state index in [1.54, 1.807) is 0 Å². The second-order valence-electron chi connectivity index (χ2n) is 6.96. The number of esters is 1. The molecule has 0 spiro atoms. The zero-order valence-corrected chi connectivity index (χ0v) is 13.4. The maximum Gasteiger partial charge on any atom is 0.326 e. The van der Waals surface area contributed by atoms with Gasteiger partial charge in [-0.05, 0) is 44.4 Å². The lowest BCUT2D eigenvalue weighted by atomic mass is 9.69. The van der Waals surface area contributed by atoms with Crippen LogP contribution < -0.4 is 5.32 Å². The SMILES string of the molecule is CCOC(=O)C1(NC2CCCCC2)CC(C)CCC1C. The molecule has 0 saturated heterocycles. The summed E-state index contributed by atoms with van der Waals surface area (Å²) in [6.45, 7) is 6.87. The molecule has 2 rings (SSSR count). The minimum Gasteiger partial charge on any atom is -0.465 e. The maximum absolute atomic E-state index is 12.7. The first-order valence-corrected chi connectivity index (χ1v) is 8.53. The topological polar surface area (TPSA) is 38.3 Å². The summed E-state index contributed by atoms with van der Waals surface area (Å²) in [4.78, 5) is 12.7. The average Bonchev–Trinajstić information content (AvgIpc) is 2.44. The van der Waals surface area contributed by atoms with Gasteiger partial charge in [-0.25, -0.2) is 0 Å². The second kappa shape index (κ2) is 6.93. The smallest absolute Gasteiger partial charge is 0.326 e. The highest BCUT2D eigenvalue weighted by Gasteiger charge is 2.48. The fourth-order valence-electron chi connectivity index (χ4n) is 4.05. The van der Waals surface area contributed by atoms with Gasteiger partial charge in [-0.2, -0.15) is 0 Å². The lowest BCUT2D eigenvalue weighted by Gasteiger charge is -2.46. The Morgan fingerprint density at radius 3 is 2.50 bits per heavy atom. The molecule has 2 aliphatic carbocycles. The van der Waals surface area contributed by atoms with Crippen molar-refractivity contribution >= 4 is 5.97 Å². The van der Waals surface area contributed by atoms with E-state index in [0.717, 1.165) is 12.8 Å². The van der Waals surface area contributed by atoms with Crippen molar-refractivity contribution < 1.29 is 9.53 Å². The van der Waals surface area contributed by atoms with Crippen LogP contribution in [-0.4, -0.2) is 24.2 Å². The van der Waals surface area contributed by atoms with Crippen molar-refractivity contribution in [3.63, 3.8) is 0 Å². The molecular formula is C17H31NO2. The van der Waals surface area contributed by atoms with Gasteiger partial charge in [0, 0.05) is 6.04 Å². The first-order valence-electron chi connectivity index (χ1n) is 8.53. The second-order valence-corrected chi connectivity index (χ2v) is 6.96. The normalized spacial score (nSPS) is 35.8. The highest BCUT2D eigenvalue weighted by atomic mass is 16.5. The summed E-state index contributed by atoms with van der Waals surface area (Å²) in [7, 11) is 0. The van der Waals surface area contributed by atoms with E-state index < -0.39 is 5.54 Å². The molecule has 2 aliphatic rings. The van der Waals surface area contributed by atoms with E-state index in [9.17, 15) is 4.79 Å². The van der Waals surface area contributed by atoms with Gasteiger partial charge < -0.3 is 4.74 Å². The van der Waals surface area contributed by atoms with Crippen LogP contribution in [0.2, 0.25) is 0 Å². The third-order valence-electron chi connectivity index (χ3n) is 5.31. The van der Waals surface area contributed by atoms with Crippen molar-refractivity contribution in [1.82, 2.24) is 5.32 Å². The molecule has 0 aromatic carbocycles. The zero-order valence-electron chi connectivity index (χ0n) is 13.4. The van der Waals surface area contributed by atoms with Gasteiger partial charge >= 0.3 is 5.97 Å². The molecule has 116 valence electrons. The van der Waals surface area contributed by atoms with Gasteiger partial charge in [0.15, 0.2) is 0 Å². The van der Waals surface area contributed by atoms with E-state index in [-0.39, 0.29) is 5.97 Å². The highest BCUT2D eigenvalue weighted by Crippen LogP contribution is 2.39. The van der Waals surface area contributed by atoms with Crippen molar-refractivity contribution in [2.75, 3.05) is 6.61 Å². The van der Waals surface area contributed by atoms with Crippen LogP contribution in [0.1, 0.15) is 72.1 Å². The van der Waals surface area contributed by atoms with Crippen LogP contribution in [0.5, 0.6) is 0 Å². The Morgan fingerprint density at radius 2 is 1.85 bits per heavy atom. The molecule has 0 aromatic heterocycles. The van der Waals surface area contributed by atoms with Gasteiger partial charge in [0.05, 0.1) is 6.61 Å². The number of carbonyl (C=O) groups is 1. The third kappa shape index (κ3) is 3.36. The molecule has 0 aliphatic heterocycles. The number of hydrogen-bond donors (Lipinski definition) is 1. The van der Waals surface area contributed by atoms with Gasteiger partial charge in [0.2, 0.25) is 0 Å². The quantitative estimate of drug-likeness (QED) is 0.799. The fourth-order valence-corrected chi connectivity index (χ4v) is 4.05. The van der Waals surface area contributed by atoms with Gasteiger partial charge in [0.25, 0.3) is 0 Å². The fraction of sp³-hybridized carbons (Fsp3) is 0.941. The molecule has 20 heavy (non-hydrogen) atoms. The molecule has 3 unspecified atom stereocenters. The van der Waals surface area contributed by atoms with Crippen molar-refractivity contribution in [3.8, 4) is 0 Å². The molecule has 0 heterocycles. The minimum atomic E-state index is -0.435. The summed E-state index contributed by atoms with van der Waals surface area (Å²) in [5, 5.41) is 3.76. The van der Waals surface area contributed by atoms with Crippen LogP contribution in [0.25, 0.3) is 0 Å². The van der Waals surface area contributed by atoms with Gasteiger partial charge in [-0.1, -0.05) is 39.5 Å². The van der Waals surface area contributed by atoms with E-state index >= 15 is 0 Å².